The van der Waals surface area contributed by atoms with Gasteiger partial charge in [-0.3, -0.25) is 4.79 Å². The minimum atomic E-state index is -0.00819. The van der Waals surface area contributed by atoms with Crippen LogP contribution in [0.5, 0.6) is 5.75 Å². The number of aryl methyl sites for hydroxylation is 1. The highest BCUT2D eigenvalue weighted by Crippen LogP contribution is 2.20. The van der Waals surface area contributed by atoms with Crippen molar-refractivity contribution in [2.45, 2.75) is 32.9 Å². The number of rotatable bonds is 1. The van der Waals surface area contributed by atoms with Crippen LogP contribution >= 0.6 is 0 Å². The molecule has 1 heterocycles. The third kappa shape index (κ3) is 2.48. The van der Waals surface area contributed by atoms with Crippen LogP contribution in [0.4, 0.5) is 0 Å². The zero-order valence-electron chi connectivity index (χ0n) is 11.1. The zero-order chi connectivity index (χ0) is 13.3. The van der Waals surface area contributed by atoms with Crippen LogP contribution in [0.3, 0.4) is 0 Å². The molecule has 18 heavy (non-hydrogen) atoms. The Balaban J connectivity index is 2.21. The summed E-state index contributed by atoms with van der Waals surface area (Å²) in [6.45, 7) is 7.43. The monoisotopic (exact) mass is 248 g/mol. The van der Waals surface area contributed by atoms with Gasteiger partial charge in [0.25, 0.3) is 5.91 Å². The fourth-order valence-corrected chi connectivity index (χ4v) is 2.21. The third-order valence-corrected chi connectivity index (χ3v) is 3.48. The Hall–Kier alpha value is -1.55. The van der Waals surface area contributed by atoms with E-state index in [0.29, 0.717) is 18.2 Å². The van der Waals surface area contributed by atoms with Crippen molar-refractivity contribution in [3.8, 4) is 5.75 Å². The predicted molar refractivity (Wildman–Crippen MR) is 70.8 cm³/mol. The number of nitrogens with one attached hydrogen (secondary N) is 1. The van der Waals surface area contributed by atoms with Gasteiger partial charge in [-0.2, -0.15) is 0 Å². The number of phenolic OH excluding ortho intramolecular Hbond substituents is 1. The van der Waals surface area contributed by atoms with Crippen molar-refractivity contribution >= 4 is 5.91 Å². The smallest absolute Gasteiger partial charge is 0.254 e. The summed E-state index contributed by atoms with van der Waals surface area (Å²) in [5.41, 5.74) is 1.34. The summed E-state index contributed by atoms with van der Waals surface area (Å²) in [7, 11) is 0. The standard InChI is InChI=1S/C14H20N2O2/c1-9-4-5-12(6-13(9)17)14(18)16-8-10(2)15-7-11(16)3/h4-6,10-11,15,17H,7-8H2,1-3H3. The number of aromatic hydroxyl groups is 1. The van der Waals surface area contributed by atoms with Gasteiger partial charge in [-0.05, 0) is 38.5 Å². The number of benzene rings is 1. The number of piperazine rings is 1. The van der Waals surface area contributed by atoms with Crippen molar-refractivity contribution in [2.75, 3.05) is 13.1 Å². The molecular weight excluding hydrogens is 228 g/mol. The number of phenols is 1. The zero-order valence-corrected chi connectivity index (χ0v) is 11.1. The second kappa shape index (κ2) is 4.98. The third-order valence-electron chi connectivity index (χ3n) is 3.48. The van der Waals surface area contributed by atoms with E-state index in [1.54, 1.807) is 18.2 Å². The molecule has 0 aliphatic carbocycles. The molecule has 0 spiro atoms. The molecule has 98 valence electrons. The highest BCUT2D eigenvalue weighted by Gasteiger charge is 2.27. The number of amides is 1. The van der Waals surface area contributed by atoms with Crippen LogP contribution in [-0.2, 0) is 0 Å². The Kier molecular flexibility index (Phi) is 3.57. The minimum Gasteiger partial charge on any atom is -0.508 e. The Morgan fingerprint density at radius 2 is 2.17 bits per heavy atom. The maximum atomic E-state index is 12.4. The van der Waals surface area contributed by atoms with E-state index in [-0.39, 0.29) is 17.7 Å². The molecule has 0 saturated carbocycles. The van der Waals surface area contributed by atoms with Crippen molar-refractivity contribution < 1.29 is 9.90 Å². The van der Waals surface area contributed by atoms with Crippen molar-refractivity contribution in [3.63, 3.8) is 0 Å². The fourth-order valence-electron chi connectivity index (χ4n) is 2.21. The molecular formula is C14H20N2O2. The van der Waals surface area contributed by atoms with Crippen molar-refractivity contribution in [3.05, 3.63) is 29.3 Å². The molecule has 2 N–H and O–H groups in total. The molecule has 4 nitrogen and oxygen atoms in total. The van der Waals surface area contributed by atoms with E-state index in [2.05, 4.69) is 12.2 Å². The highest BCUT2D eigenvalue weighted by atomic mass is 16.3. The average Bonchev–Trinajstić information content (AvgIpc) is 2.35. The maximum absolute atomic E-state index is 12.4. The van der Waals surface area contributed by atoms with Crippen molar-refractivity contribution in [1.82, 2.24) is 10.2 Å². The lowest BCUT2D eigenvalue weighted by Crippen LogP contribution is -2.56. The van der Waals surface area contributed by atoms with E-state index in [1.807, 2.05) is 18.7 Å². The fraction of sp³-hybridized carbons (Fsp3) is 0.500. The first-order valence-electron chi connectivity index (χ1n) is 6.33. The summed E-state index contributed by atoms with van der Waals surface area (Å²) < 4.78 is 0. The lowest BCUT2D eigenvalue weighted by Gasteiger charge is -2.37. The molecule has 1 amide bonds. The quantitative estimate of drug-likeness (QED) is 0.792. The molecule has 1 aliphatic rings. The molecule has 1 aromatic rings. The van der Waals surface area contributed by atoms with Crippen LogP contribution in [0.2, 0.25) is 0 Å². The highest BCUT2D eigenvalue weighted by molar-refractivity contribution is 5.95. The van der Waals surface area contributed by atoms with Crippen molar-refractivity contribution in [2.24, 2.45) is 0 Å². The van der Waals surface area contributed by atoms with Crippen LogP contribution in [0.25, 0.3) is 0 Å². The Labute approximate surface area is 108 Å². The van der Waals surface area contributed by atoms with Crippen LogP contribution in [0, 0.1) is 6.92 Å². The maximum Gasteiger partial charge on any atom is 0.254 e. The number of carbonyl (C=O) groups excluding carboxylic acids is 1. The van der Waals surface area contributed by atoms with E-state index in [0.717, 1.165) is 12.1 Å². The Morgan fingerprint density at radius 3 is 2.83 bits per heavy atom. The molecule has 2 atom stereocenters. The molecule has 1 fully saturated rings. The summed E-state index contributed by atoms with van der Waals surface area (Å²) in [5.74, 6) is 0.169. The lowest BCUT2D eigenvalue weighted by molar-refractivity contribution is 0.0616. The van der Waals surface area contributed by atoms with E-state index in [9.17, 15) is 9.90 Å². The Morgan fingerprint density at radius 1 is 1.44 bits per heavy atom. The minimum absolute atomic E-state index is 0.00819. The van der Waals surface area contributed by atoms with Gasteiger partial charge in [-0.1, -0.05) is 6.07 Å². The average molecular weight is 248 g/mol. The van der Waals surface area contributed by atoms with E-state index >= 15 is 0 Å². The molecule has 0 bridgehead atoms. The molecule has 2 unspecified atom stereocenters. The van der Waals surface area contributed by atoms with E-state index < -0.39 is 0 Å². The summed E-state index contributed by atoms with van der Waals surface area (Å²) >= 11 is 0. The number of hydrogen-bond acceptors (Lipinski definition) is 3. The van der Waals surface area contributed by atoms with E-state index in [4.69, 9.17) is 0 Å². The molecule has 1 aliphatic heterocycles. The van der Waals surface area contributed by atoms with Gasteiger partial charge >= 0.3 is 0 Å². The first-order valence-corrected chi connectivity index (χ1v) is 6.33. The SMILES string of the molecule is Cc1ccc(C(=O)N2CC(C)NCC2C)cc1O. The molecule has 1 aromatic carbocycles. The predicted octanol–water partition coefficient (Wildman–Crippen LogP) is 1.52. The van der Waals surface area contributed by atoms with Crippen LogP contribution in [0.1, 0.15) is 29.8 Å². The molecule has 1 saturated heterocycles. The van der Waals surface area contributed by atoms with Gasteiger partial charge in [-0.25, -0.2) is 0 Å². The topological polar surface area (TPSA) is 52.6 Å². The summed E-state index contributed by atoms with van der Waals surface area (Å²) in [4.78, 5) is 14.3. The number of nitrogens with zero attached hydrogens (tertiary/aromatic N) is 1. The summed E-state index contributed by atoms with van der Waals surface area (Å²) in [5, 5.41) is 13.0. The molecule has 0 radical (unpaired) electrons. The second-order valence-corrected chi connectivity index (χ2v) is 5.12. The number of hydrogen-bond donors (Lipinski definition) is 2. The number of carbonyl (C=O) groups is 1. The molecule has 0 aromatic heterocycles. The van der Waals surface area contributed by atoms with Gasteiger partial charge in [-0.15, -0.1) is 0 Å². The Bertz CT molecular complexity index is 459. The van der Waals surface area contributed by atoms with Gasteiger partial charge in [0.05, 0.1) is 0 Å². The largest absolute Gasteiger partial charge is 0.508 e. The van der Waals surface area contributed by atoms with Crippen LogP contribution in [-0.4, -0.2) is 41.1 Å². The van der Waals surface area contributed by atoms with Crippen molar-refractivity contribution in [1.29, 1.82) is 0 Å². The van der Waals surface area contributed by atoms with Crippen LogP contribution in [0.15, 0.2) is 18.2 Å². The van der Waals surface area contributed by atoms with Gasteiger partial charge < -0.3 is 15.3 Å². The van der Waals surface area contributed by atoms with Gasteiger partial charge in [0.2, 0.25) is 0 Å². The summed E-state index contributed by atoms with van der Waals surface area (Å²) in [6, 6.07) is 5.59. The van der Waals surface area contributed by atoms with Gasteiger partial charge in [0.15, 0.2) is 0 Å². The summed E-state index contributed by atoms with van der Waals surface area (Å²) in [6.07, 6.45) is 0. The van der Waals surface area contributed by atoms with E-state index in [1.165, 1.54) is 0 Å². The first-order chi connectivity index (χ1) is 8.49. The molecule has 4 heteroatoms. The second-order valence-electron chi connectivity index (χ2n) is 5.12. The van der Waals surface area contributed by atoms with Gasteiger partial charge in [0, 0.05) is 30.7 Å². The molecule has 2 rings (SSSR count). The normalized spacial score (nSPS) is 24.1. The van der Waals surface area contributed by atoms with Crippen LogP contribution < -0.4 is 5.32 Å². The first kappa shape index (κ1) is 12.9. The van der Waals surface area contributed by atoms with Gasteiger partial charge in [0.1, 0.15) is 5.75 Å². The lowest BCUT2D eigenvalue weighted by atomic mass is 10.1.